The second-order valence-corrected chi connectivity index (χ2v) is 4.57. The molecule has 1 aromatic rings. The molecule has 0 aromatic carbocycles. The molecule has 0 bridgehead atoms. The van der Waals surface area contributed by atoms with Gasteiger partial charge in [0, 0.05) is 12.6 Å². The SMILES string of the molecule is Cc1noc([C@@H]2CC[C@H](CNC(C)C)O2)n1. The zero-order valence-electron chi connectivity index (χ0n) is 10.1. The zero-order valence-corrected chi connectivity index (χ0v) is 10.1. The molecular formula is C11H19N3O2. The van der Waals surface area contributed by atoms with Crippen LogP contribution in [0.1, 0.15) is 44.5 Å². The first kappa shape index (κ1) is 11.5. The van der Waals surface area contributed by atoms with Crippen LogP contribution >= 0.6 is 0 Å². The minimum atomic E-state index is -0.0137. The molecule has 1 N–H and O–H groups in total. The molecule has 0 aliphatic carbocycles. The van der Waals surface area contributed by atoms with Gasteiger partial charge in [-0.05, 0) is 19.8 Å². The summed E-state index contributed by atoms with van der Waals surface area (Å²) in [4.78, 5) is 4.20. The summed E-state index contributed by atoms with van der Waals surface area (Å²) >= 11 is 0. The minimum Gasteiger partial charge on any atom is -0.364 e. The Kier molecular flexibility index (Phi) is 3.56. The molecule has 90 valence electrons. The van der Waals surface area contributed by atoms with E-state index in [9.17, 15) is 0 Å². The van der Waals surface area contributed by atoms with Gasteiger partial charge >= 0.3 is 0 Å². The van der Waals surface area contributed by atoms with Crippen molar-refractivity contribution in [3.63, 3.8) is 0 Å². The Labute approximate surface area is 95.6 Å². The molecule has 1 aliphatic rings. The van der Waals surface area contributed by atoms with E-state index >= 15 is 0 Å². The van der Waals surface area contributed by atoms with Gasteiger partial charge in [0.25, 0.3) is 5.89 Å². The van der Waals surface area contributed by atoms with E-state index in [1.54, 1.807) is 0 Å². The van der Waals surface area contributed by atoms with Gasteiger partial charge in [-0.1, -0.05) is 19.0 Å². The highest BCUT2D eigenvalue weighted by Crippen LogP contribution is 2.31. The lowest BCUT2D eigenvalue weighted by molar-refractivity contribution is 0.0257. The van der Waals surface area contributed by atoms with Crippen LogP contribution in [0.5, 0.6) is 0 Å². The normalized spacial score (nSPS) is 25.5. The van der Waals surface area contributed by atoms with Crippen LogP contribution in [0.4, 0.5) is 0 Å². The van der Waals surface area contributed by atoms with Gasteiger partial charge in [-0.3, -0.25) is 0 Å². The second-order valence-electron chi connectivity index (χ2n) is 4.57. The summed E-state index contributed by atoms with van der Waals surface area (Å²) < 4.78 is 11.0. The monoisotopic (exact) mass is 225 g/mol. The number of aromatic nitrogens is 2. The molecule has 1 aromatic heterocycles. The lowest BCUT2D eigenvalue weighted by Gasteiger charge is -2.14. The smallest absolute Gasteiger partial charge is 0.255 e. The first-order valence-corrected chi connectivity index (χ1v) is 5.84. The third-order valence-corrected chi connectivity index (χ3v) is 2.68. The maximum atomic E-state index is 5.85. The molecule has 2 rings (SSSR count). The van der Waals surface area contributed by atoms with Crippen LogP contribution < -0.4 is 5.32 Å². The van der Waals surface area contributed by atoms with Crippen molar-refractivity contribution >= 4 is 0 Å². The van der Waals surface area contributed by atoms with Gasteiger partial charge in [0.05, 0.1) is 6.10 Å². The Balaban J connectivity index is 1.83. The van der Waals surface area contributed by atoms with Crippen LogP contribution in [0.15, 0.2) is 4.52 Å². The van der Waals surface area contributed by atoms with Crippen LogP contribution in [-0.2, 0) is 4.74 Å². The Hall–Kier alpha value is -0.940. The predicted molar refractivity (Wildman–Crippen MR) is 59.0 cm³/mol. The van der Waals surface area contributed by atoms with Crippen molar-refractivity contribution in [2.45, 2.75) is 51.9 Å². The van der Waals surface area contributed by atoms with Crippen molar-refractivity contribution in [1.82, 2.24) is 15.5 Å². The fourth-order valence-electron chi connectivity index (χ4n) is 1.85. The summed E-state index contributed by atoms with van der Waals surface area (Å²) in [5.74, 6) is 1.28. The quantitative estimate of drug-likeness (QED) is 0.843. The van der Waals surface area contributed by atoms with Crippen molar-refractivity contribution in [1.29, 1.82) is 0 Å². The van der Waals surface area contributed by atoms with Gasteiger partial charge in [0.15, 0.2) is 5.82 Å². The van der Waals surface area contributed by atoms with Gasteiger partial charge in [-0.2, -0.15) is 4.98 Å². The van der Waals surface area contributed by atoms with E-state index in [4.69, 9.17) is 9.26 Å². The molecular weight excluding hydrogens is 206 g/mol. The van der Waals surface area contributed by atoms with Crippen LogP contribution in [0.25, 0.3) is 0 Å². The summed E-state index contributed by atoms with van der Waals surface area (Å²) in [6.07, 6.45) is 2.26. The van der Waals surface area contributed by atoms with Gasteiger partial charge in [-0.15, -0.1) is 0 Å². The van der Waals surface area contributed by atoms with Crippen molar-refractivity contribution < 1.29 is 9.26 Å². The van der Waals surface area contributed by atoms with Crippen molar-refractivity contribution in [2.24, 2.45) is 0 Å². The molecule has 2 heterocycles. The van der Waals surface area contributed by atoms with Crippen LogP contribution in [0.3, 0.4) is 0 Å². The summed E-state index contributed by atoms with van der Waals surface area (Å²) in [6, 6.07) is 0.494. The fourth-order valence-corrected chi connectivity index (χ4v) is 1.85. The number of ether oxygens (including phenoxy) is 1. The molecule has 5 nitrogen and oxygen atoms in total. The summed E-state index contributed by atoms with van der Waals surface area (Å²) in [5, 5.41) is 7.15. The van der Waals surface area contributed by atoms with Crippen LogP contribution in [0, 0.1) is 6.92 Å². The van der Waals surface area contributed by atoms with Crippen molar-refractivity contribution in [3.8, 4) is 0 Å². The molecule has 0 saturated carbocycles. The highest BCUT2D eigenvalue weighted by atomic mass is 16.5. The van der Waals surface area contributed by atoms with Gasteiger partial charge in [-0.25, -0.2) is 0 Å². The number of rotatable bonds is 4. The molecule has 0 radical (unpaired) electrons. The van der Waals surface area contributed by atoms with E-state index in [0.717, 1.165) is 19.4 Å². The summed E-state index contributed by atoms with van der Waals surface area (Å²) in [6.45, 7) is 6.97. The number of hydrogen-bond acceptors (Lipinski definition) is 5. The number of hydrogen-bond donors (Lipinski definition) is 1. The molecule has 0 amide bonds. The highest BCUT2D eigenvalue weighted by Gasteiger charge is 2.30. The number of aryl methyl sites for hydroxylation is 1. The Morgan fingerprint density at radius 3 is 2.88 bits per heavy atom. The molecule has 1 saturated heterocycles. The van der Waals surface area contributed by atoms with E-state index in [1.165, 1.54) is 0 Å². The summed E-state index contributed by atoms with van der Waals surface area (Å²) in [7, 11) is 0. The predicted octanol–water partition coefficient (Wildman–Crippen LogP) is 1.60. The maximum Gasteiger partial charge on any atom is 0.255 e. The lowest BCUT2D eigenvalue weighted by atomic mass is 10.2. The molecule has 1 fully saturated rings. The average molecular weight is 225 g/mol. The van der Waals surface area contributed by atoms with Gasteiger partial charge in [0.1, 0.15) is 6.10 Å². The Morgan fingerprint density at radius 1 is 1.44 bits per heavy atom. The average Bonchev–Trinajstić information content (AvgIpc) is 2.83. The first-order chi connectivity index (χ1) is 7.65. The number of nitrogens with one attached hydrogen (secondary N) is 1. The molecule has 0 spiro atoms. The lowest BCUT2D eigenvalue weighted by Crippen LogP contribution is -2.31. The molecule has 16 heavy (non-hydrogen) atoms. The zero-order chi connectivity index (χ0) is 11.5. The van der Waals surface area contributed by atoms with Crippen molar-refractivity contribution in [3.05, 3.63) is 11.7 Å². The number of nitrogens with zero attached hydrogens (tertiary/aromatic N) is 2. The highest BCUT2D eigenvalue weighted by molar-refractivity contribution is 4.92. The second kappa shape index (κ2) is 4.93. The van der Waals surface area contributed by atoms with E-state index < -0.39 is 0 Å². The third kappa shape index (κ3) is 2.80. The maximum absolute atomic E-state index is 5.85. The Morgan fingerprint density at radius 2 is 2.25 bits per heavy atom. The van der Waals surface area contributed by atoms with E-state index in [0.29, 0.717) is 17.8 Å². The first-order valence-electron chi connectivity index (χ1n) is 5.84. The molecule has 1 aliphatic heterocycles. The van der Waals surface area contributed by atoms with Gasteiger partial charge < -0.3 is 14.6 Å². The van der Waals surface area contributed by atoms with Crippen LogP contribution in [0.2, 0.25) is 0 Å². The molecule has 5 heteroatoms. The van der Waals surface area contributed by atoms with Crippen molar-refractivity contribution in [2.75, 3.05) is 6.54 Å². The van der Waals surface area contributed by atoms with Crippen LogP contribution in [-0.4, -0.2) is 28.8 Å². The summed E-state index contributed by atoms with van der Waals surface area (Å²) in [5.41, 5.74) is 0. The third-order valence-electron chi connectivity index (χ3n) is 2.68. The minimum absolute atomic E-state index is 0.0137. The van der Waals surface area contributed by atoms with E-state index in [1.807, 2.05) is 6.92 Å². The standard InChI is InChI=1S/C11H19N3O2/c1-7(2)12-6-9-4-5-10(15-9)11-13-8(3)14-16-11/h7,9-10,12H,4-6H2,1-3H3/t9-,10+/m1/s1. The van der Waals surface area contributed by atoms with E-state index in [-0.39, 0.29) is 12.2 Å². The Bertz CT molecular complexity index is 338. The molecule has 0 unspecified atom stereocenters. The topological polar surface area (TPSA) is 60.2 Å². The van der Waals surface area contributed by atoms with Gasteiger partial charge in [0.2, 0.25) is 0 Å². The molecule has 2 atom stereocenters. The van der Waals surface area contributed by atoms with E-state index in [2.05, 4.69) is 29.3 Å². The largest absolute Gasteiger partial charge is 0.364 e. The fraction of sp³-hybridized carbons (Fsp3) is 0.818.